The first-order valence-corrected chi connectivity index (χ1v) is 1.72. The standard InChI is InChI=1S/C5H5.Fe.Pd/c1-2-4-5-3-1;;/h1-3H,4H2;;/q-1;;. The minimum absolute atomic E-state index is 0. The molecule has 0 aromatic heterocycles. The van der Waals surface area contributed by atoms with Crippen LogP contribution in [-0.4, -0.2) is 0 Å². The molecule has 1 aliphatic carbocycles. The van der Waals surface area contributed by atoms with Crippen LogP contribution in [0.4, 0.5) is 0 Å². The summed E-state index contributed by atoms with van der Waals surface area (Å²) in [5.74, 6) is 0. The fraction of sp³-hybridized carbons (Fsp3) is 0.200. The Bertz CT molecular complexity index is 66.1. The predicted molar refractivity (Wildman–Crippen MR) is 21.6 cm³/mol. The Morgan fingerprint density at radius 1 is 1.43 bits per heavy atom. The molecule has 0 aromatic carbocycles. The Hall–Kier alpha value is 0.662. The van der Waals surface area contributed by atoms with Crippen molar-refractivity contribution in [3.8, 4) is 0 Å². The van der Waals surface area contributed by atoms with Gasteiger partial charge in [-0.2, -0.15) is 6.08 Å². The van der Waals surface area contributed by atoms with Gasteiger partial charge in [0.05, 0.1) is 0 Å². The maximum Gasteiger partial charge on any atom is 0 e. The second-order valence-corrected chi connectivity index (χ2v) is 1.00. The summed E-state index contributed by atoms with van der Waals surface area (Å²) in [6.45, 7) is 0. The van der Waals surface area contributed by atoms with Gasteiger partial charge in [0.15, 0.2) is 0 Å². The van der Waals surface area contributed by atoms with E-state index in [2.05, 4.69) is 12.2 Å². The molecule has 2 heteroatoms. The summed E-state index contributed by atoms with van der Waals surface area (Å²) in [6.07, 6.45) is 10.0. The SMILES string of the molecule is [C-]1=CC=CC1.[Fe].[Pd]. The Morgan fingerprint density at radius 2 is 2.14 bits per heavy atom. The average Bonchev–Trinajstić information content (AvgIpc) is 1.76. The molecule has 0 N–H and O–H groups in total. The molecule has 1 rings (SSSR count). The molecule has 0 bridgehead atoms. The second-order valence-electron chi connectivity index (χ2n) is 1.00. The van der Waals surface area contributed by atoms with Crippen LogP contribution < -0.4 is 0 Å². The number of allylic oxidation sites excluding steroid dienone is 4. The molecule has 0 atom stereocenters. The molecular formula is C5H5FePd-. The largest absolute Gasteiger partial charge is 0.273 e. The van der Waals surface area contributed by atoms with Gasteiger partial charge in [-0.1, -0.05) is 0 Å². The summed E-state index contributed by atoms with van der Waals surface area (Å²) in [7, 11) is 0. The van der Waals surface area contributed by atoms with Gasteiger partial charge in [0.1, 0.15) is 0 Å². The van der Waals surface area contributed by atoms with Gasteiger partial charge in [-0.15, -0.1) is 6.42 Å². The number of hydrogen-bond donors (Lipinski definition) is 0. The zero-order valence-electron chi connectivity index (χ0n) is 3.61. The van der Waals surface area contributed by atoms with E-state index in [0.717, 1.165) is 6.42 Å². The van der Waals surface area contributed by atoms with Crippen LogP contribution in [0.3, 0.4) is 0 Å². The van der Waals surface area contributed by atoms with Crippen molar-refractivity contribution >= 4 is 0 Å². The van der Waals surface area contributed by atoms with Crippen LogP contribution in [0.15, 0.2) is 18.2 Å². The third-order valence-electron chi connectivity index (χ3n) is 0.586. The molecule has 0 unspecified atom stereocenters. The molecule has 0 saturated heterocycles. The van der Waals surface area contributed by atoms with Crippen LogP contribution in [0.2, 0.25) is 0 Å². The number of rotatable bonds is 0. The molecule has 0 saturated carbocycles. The summed E-state index contributed by atoms with van der Waals surface area (Å²) < 4.78 is 0. The van der Waals surface area contributed by atoms with Crippen molar-refractivity contribution in [1.82, 2.24) is 0 Å². The van der Waals surface area contributed by atoms with E-state index in [-0.39, 0.29) is 37.5 Å². The molecule has 0 aliphatic heterocycles. The molecule has 1 aliphatic rings. The minimum Gasteiger partial charge on any atom is -0.273 e. The van der Waals surface area contributed by atoms with E-state index < -0.39 is 0 Å². The molecular weight excluding hydrogens is 222 g/mol. The smallest absolute Gasteiger partial charge is 0 e. The fourth-order valence-electron chi connectivity index (χ4n) is 0.340. The molecule has 0 spiro atoms. The van der Waals surface area contributed by atoms with E-state index in [0.29, 0.717) is 0 Å². The third-order valence-corrected chi connectivity index (χ3v) is 0.586. The van der Waals surface area contributed by atoms with Crippen molar-refractivity contribution < 1.29 is 37.5 Å². The van der Waals surface area contributed by atoms with E-state index in [1.807, 2.05) is 12.2 Å². The topological polar surface area (TPSA) is 0 Å². The van der Waals surface area contributed by atoms with Gasteiger partial charge in [-0.3, -0.25) is 6.08 Å². The minimum atomic E-state index is 0. The van der Waals surface area contributed by atoms with Crippen molar-refractivity contribution in [1.29, 1.82) is 0 Å². The van der Waals surface area contributed by atoms with E-state index in [1.54, 1.807) is 0 Å². The second kappa shape index (κ2) is 6.66. The summed E-state index contributed by atoms with van der Waals surface area (Å²) in [4.78, 5) is 0. The van der Waals surface area contributed by atoms with E-state index in [4.69, 9.17) is 0 Å². The van der Waals surface area contributed by atoms with E-state index >= 15 is 0 Å². The van der Waals surface area contributed by atoms with Gasteiger partial charge < -0.3 is 0 Å². The van der Waals surface area contributed by atoms with Crippen molar-refractivity contribution in [2.45, 2.75) is 6.42 Å². The first kappa shape index (κ1) is 10.6. The van der Waals surface area contributed by atoms with Crippen LogP contribution in [0.5, 0.6) is 0 Å². The first-order chi connectivity index (χ1) is 2.50. The number of hydrogen-bond acceptors (Lipinski definition) is 0. The summed E-state index contributed by atoms with van der Waals surface area (Å²) in [5, 5.41) is 0. The quantitative estimate of drug-likeness (QED) is 0.432. The average molecular weight is 227 g/mol. The zero-order chi connectivity index (χ0) is 3.54. The van der Waals surface area contributed by atoms with Gasteiger partial charge in [0.2, 0.25) is 0 Å². The van der Waals surface area contributed by atoms with Crippen LogP contribution >= 0.6 is 0 Å². The van der Waals surface area contributed by atoms with Crippen LogP contribution in [0, 0.1) is 6.08 Å². The molecule has 0 aromatic rings. The van der Waals surface area contributed by atoms with Gasteiger partial charge >= 0.3 is 0 Å². The first-order valence-electron chi connectivity index (χ1n) is 1.72. The Kier molecular flexibility index (Phi) is 10.1. The molecule has 44 valence electrons. The van der Waals surface area contributed by atoms with Gasteiger partial charge in [0.25, 0.3) is 0 Å². The van der Waals surface area contributed by atoms with Crippen molar-refractivity contribution in [3.05, 3.63) is 24.3 Å². The van der Waals surface area contributed by atoms with E-state index in [1.165, 1.54) is 0 Å². The fourth-order valence-corrected chi connectivity index (χ4v) is 0.340. The Labute approximate surface area is 68.2 Å². The zero-order valence-corrected chi connectivity index (χ0v) is 6.27. The van der Waals surface area contributed by atoms with Gasteiger partial charge in [-0.05, 0) is 0 Å². The van der Waals surface area contributed by atoms with Gasteiger partial charge in [-0.25, -0.2) is 12.2 Å². The molecule has 0 fully saturated rings. The van der Waals surface area contributed by atoms with Crippen molar-refractivity contribution in [2.75, 3.05) is 0 Å². The van der Waals surface area contributed by atoms with E-state index in [9.17, 15) is 0 Å². The van der Waals surface area contributed by atoms with Crippen molar-refractivity contribution in [3.63, 3.8) is 0 Å². The van der Waals surface area contributed by atoms with Crippen LogP contribution in [0.25, 0.3) is 0 Å². The molecule has 0 heterocycles. The van der Waals surface area contributed by atoms with Crippen LogP contribution in [-0.2, 0) is 37.5 Å². The summed E-state index contributed by atoms with van der Waals surface area (Å²) >= 11 is 0. The maximum atomic E-state index is 2.99. The molecule has 0 amide bonds. The van der Waals surface area contributed by atoms with Crippen molar-refractivity contribution in [2.24, 2.45) is 0 Å². The molecule has 0 radical (unpaired) electrons. The predicted octanol–water partition coefficient (Wildman–Crippen LogP) is 1.30. The van der Waals surface area contributed by atoms with Crippen LogP contribution in [0.1, 0.15) is 6.42 Å². The monoisotopic (exact) mass is 227 g/mol. The molecule has 0 nitrogen and oxygen atoms in total. The summed E-state index contributed by atoms with van der Waals surface area (Å²) in [5.41, 5.74) is 0. The molecule has 7 heavy (non-hydrogen) atoms. The maximum absolute atomic E-state index is 2.99. The Balaban J connectivity index is 0. The Morgan fingerprint density at radius 3 is 2.29 bits per heavy atom. The summed E-state index contributed by atoms with van der Waals surface area (Å²) in [6, 6.07) is 0. The third kappa shape index (κ3) is 4.52. The van der Waals surface area contributed by atoms with Gasteiger partial charge in [0, 0.05) is 37.5 Å². The normalized spacial score (nSPS) is 12.6.